The third-order valence-electron chi connectivity index (χ3n) is 5.15. The number of amides is 1. The molecule has 0 radical (unpaired) electrons. The third-order valence-corrected chi connectivity index (χ3v) is 5.15. The van der Waals surface area contributed by atoms with Crippen molar-refractivity contribution >= 4 is 17.2 Å². The van der Waals surface area contributed by atoms with Gasteiger partial charge in [-0.1, -0.05) is 0 Å². The molecule has 1 aromatic carbocycles. The van der Waals surface area contributed by atoms with Crippen molar-refractivity contribution in [3.05, 3.63) is 71.9 Å². The van der Waals surface area contributed by atoms with E-state index in [-0.39, 0.29) is 18.3 Å². The van der Waals surface area contributed by atoms with E-state index in [9.17, 15) is 13.6 Å². The smallest absolute Gasteiger partial charge is 0.277 e. The molecule has 1 amide bonds. The molecule has 4 heterocycles. The maximum atomic E-state index is 14.0. The molecule has 0 saturated heterocycles. The average molecular weight is 394 g/mol. The lowest BCUT2D eigenvalue weighted by molar-refractivity contribution is 0.0952. The fraction of sp³-hybridized carbons (Fsp3) is 0.150. The van der Waals surface area contributed by atoms with Crippen molar-refractivity contribution in [2.45, 2.75) is 13.1 Å². The SMILES string of the molecule is Cc1cc(N2C[C@H](N)n3ncc(-c4ccc5ncc(F)n5c4)c3C2=O)ccc1F. The second kappa shape index (κ2) is 6.21. The Bertz CT molecular complexity index is 1280. The summed E-state index contributed by atoms with van der Waals surface area (Å²) in [6, 6.07) is 7.90. The Labute approximate surface area is 164 Å². The molecule has 0 unspecified atom stereocenters. The van der Waals surface area contributed by atoms with Gasteiger partial charge in [0.1, 0.15) is 23.3 Å². The number of aryl methyl sites for hydroxylation is 1. The summed E-state index contributed by atoms with van der Waals surface area (Å²) < 4.78 is 30.4. The van der Waals surface area contributed by atoms with Crippen LogP contribution in [-0.4, -0.2) is 31.6 Å². The zero-order valence-electron chi connectivity index (χ0n) is 15.4. The summed E-state index contributed by atoms with van der Waals surface area (Å²) in [6.07, 6.45) is 3.67. The number of nitrogens with zero attached hydrogens (tertiary/aromatic N) is 5. The Hall–Kier alpha value is -3.59. The molecule has 0 aliphatic carbocycles. The fourth-order valence-electron chi connectivity index (χ4n) is 3.64. The molecule has 0 saturated carbocycles. The van der Waals surface area contributed by atoms with E-state index in [0.29, 0.717) is 33.7 Å². The zero-order valence-corrected chi connectivity index (χ0v) is 15.4. The first-order valence-corrected chi connectivity index (χ1v) is 8.98. The number of aromatic nitrogens is 4. The summed E-state index contributed by atoms with van der Waals surface area (Å²) in [4.78, 5) is 18.8. The van der Waals surface area contributed by atoms with Gasteiger partial charge in [0.2, 0.25) is 5.95 Å². The van der Waals surface area contributed by atoms with Gasteiger partial charge in [0.25, 0.3) is 5.91 Å². The van der Waals surface area contributed by atoms with Crippen molar-refractivity contribution in [3.63, 3.8) is 0 Å². The summed E-state index contributed by atoms with van der Waals surface area (Å²) >= 11 is 0. The number of pyridine rings is 1. The largest absolute Gasteiger partial charge is 0.308 e. The van der Waals surface area contributed by atoms with Gasteiger partial charge in [0, 0.05) is 23.0 Å². The number of carbonyl (C=O) groups is 1. The van der Waals surface area contributed by atoms with E-state index in [1.54, 1.807) is 43.6 Å². The van der Waals surface area contributed by atoms with E-state index in [1.165, 1.54) is 20.0 Å². The molecule has 1 atom stereocenters. The van der Waals surface area contributed by atoms with E-state index in [2.05, 4.69) is 10.1 Å². The van der Waals surface area contributed by atoms with E-state index < -0.39 is 12.1 Å². The number of carbonyl (C=O) groups excluding carboxylic acids is 1. The highest BCUT2D eigenvalue weighted by Gasteiger charge is 2.34. The molecule has 146 valence electrons. The number of imidazole rings is 1. The zero-order chi connectivity index (χ0) is 20.3. The molecule has 0 fully saturated rings. The second-order valence-electron chi connectivity index (χ2n) is 6.99. The second-order valence-corrected chi connectivity index (χ2v) is 6.99. The molecule has 29 heavy (non-hydrogen) atoms. The van der Waals surface area contributed by atoms with Crippen molar-refractivity contribution in [2.75, 3.05) is 11.4 Å². The van der Waals surface area contributed by atoms with Crippen molar-refractivity contribution < 1.29 is 13.6 Å². The summed E-state index contributed by atoms with van der Waals surface area (Å²) in [5.74, 6) is -1.16. The van der Waals surface area contributed by atoms with E-state index >= 15 is 0 Å². The van der Waals surface area contributed by atoms with Crippen LogP contribution in [-0.2, 0) is 0 Å². The van der Waals surface area contributed by atoms with Gasteiger partial charge in [-0.25, -0.2) is 14.1 Å². The van der Waals surface area contributed by atoms with Gasteiger partial charge in [0.05, 0.1) is 18.9 Å². The van der Waals surface area contributed by atoms with Gasteiger partial charge in [-0.3, -0.25) is 9.20 Å². The Kier molecular flexibility index (Phi) is 3.75. The molecule has 1 aliphatic heterocycles. The van der Waals surface area contributed by atoms with Crippen molar-refractivity contribution in [1.82, 2.24) is 19.2 Å². The molecule has 3 aromatic heterocycles. The first kappa shape index (κ1) is 17.5. The van der Waals surface area contributed by atoms with Crippen molar-refractivity contribution in [3.8, 4) is 11.1 Å². The topological polar surface area (TPSA) is 81.4 Å². The van der Waals surface area contributed by atoms with Crippen LogP contribution < -0.4 is 10.6 Å². The standard InChI is InChI=1S/C20H16F2N6O/c1-11-6-13(3-4-15(11)21)26-10-17(23)28-19(20(26)29)14(7-25-28)12-2-5-18-24-8-16(22)27(18)9-12/h2-9,17H,10,23H2,1H3/t17-/m1/s1. The number of nitrogens with two attached hydrogens (primary N) is 1. The Morgan fingerprint density at radius 3 is 2.79 bits per heavy atom. The lowest BCUT2D eigenvalue weighted by Gasteiger charge is -2.32. The summed E-state index contributed by atoms with van der Waals surface area (Å²) in [7, 11) is 0. The molecule has 0 spiro atoms. The molecular formula is C20H16F2N6O. The van der Waals surface area contributed by atoms with Gasteiger partial charge >= 0.3 is 0 Å². The van der Waals surface area contributed by atoms with Crippen molar-refractivity contribution in [2.24, 2.45) is 5.73 Å². The molecule has 2 N–H and O–H groups in total. The summed E-state index contributed by atoms with van der Waals surface area (Å²) in [6.45, 7) is 1.84. The predicted octanol–water partition coefficient (Wildman–Crippen LogP) is 2.90. The Morgan fingerprint density at radius 2 is 2.00 bits per heavy atom. The molecule has 1 aliphatic rings. The predicted molar refractivity (Wildman–Crippen MR) is 102 cm³/mol. The number of hydrogen-bond acceptors (Lipinski definition) is 4. The first-order valence-electron chi connectivity index (χ1n) is 8.98. The highest BCUT2D eigenvalue weighted by atomic mass is 19.1. The monoisotopic (exact) mass is 394 g/mol. The Morgan fingerprint density at radius 1 is 1.17 bits per heavy atom. The summed E-state index contributed by atoms with van der Waals surface area (Å²) in [5.41, 5.74) is 9.13. The number of halogens is 2. The van der Waals surface area contributed by atoms with Crippen LogP contribution in [0.5, 0.6) is 0 Å². The number of benzene rings is 1. The van der Waals surface area contributed by atoms with Crippen LogP contribution in [0.1, 0.15) is 22.2 Å². The van der Waals surface area contributed by atoms with Gasteiger partial charge in [0.15, 0.2) is 0 Å². The Balaban J connectivity index is 1.63. The van der Waals surface area contributed by atoms with Crippen LogP contribution in [0.3, 0.4) is 0 Å². The number of fused-ring (bicyclic) bond motifs is 2. The van der Waals surface area contributed by atoms with Gasteiger partial charge in [-0.2, -0.15) is 9.49 Å². The molecular weight excluding hydrogens is 378 g/mol. The first-order chi connectivity index (χ1) is 13.9. The molecule has 4 aromatic rings. The molecule has 5 rings (SSSR count). The van der Waals surface area contributed by atoms with Gasteiger partial charge in [-0.15, -0.1) is 0 Å². The normalized spacial score (nSPS) is 16.5. The van der Waals surface area contributed by atoms with Crippen LogP contribution >= 0.6 is 0 Å². The number of rotatable bonds is 2. The lowest BCUT2D eigenvalue weighted by Crippen LogP contribution is -2.46. The van der Waals surface area contributed by atoms with Crippen LogP contribution in [0.25, 0.3) is 16.8 Å². The van der Waals surface area contributed by atoms with Crippen LogP contribution in [0, 0.1) is 18.7 Å². The summed E-state index contributed by atoms with van der Waals surface area (Å²) in [5, 5.41) is 4.28. The fourth-order valence-corrected chi connectivity index (χ4v) is 3.64. The maximum absolute atomic E-state index is 14.0. The van der Waals surface area contributed by atoms with Crippen LogP contribution in [0.15, 0.2) is 48.9 Å². The lowest BCUT2D eigenvalue weighted by atomic mass is 10.1. The van der Waals surface area contributed by atoms with Gasteiger partial charge < -0.3 is 10.6 Å². The average Bonchev–Trinajstić information content (AvgIpc) is 3.31. The molecule has 7 nitrogen and oxygen atoms in total. The van der Waals surface area contributed by atoms with Crippen LogP contribution in [0.4, 0.5) is 14.5 Å². The van der Waals surface area contributed by atoms with Crippen molar-refractivity contribution in [1.29, 1.82) is 0 Å². The number of hydrogen-bond donors (Lipinski definition) is 1. The minimum Gasteiger partial charge on any atom is -0.308 e. The highest BCUT2D eigenvalue weighted by Crippen LogP contribution is 2.32. The maximum Gasteiger partial charge on any atom is 0.277 e. The third kappa shape index (κ3) is 2.62. The highest BCUT2D eigenvalue weighted by molar-refractivity contribution is 6.09. The van der Waals surface area contributed by atoms with E-state index in [1.807, 2.05) is 0 Å². The van der Waals surface area contributed by atoms with Gasteiger partial charge in [-0.05, 0) is 42.8 Å². The quantitative estimate of drug-likeness (QED) is 0.567. The minimum atomic E-state index is -0.574. The van der Waals surface area contributed by atoms with E-state index in [4.69, 9.17) is 5.73 Å². The minimum absolute atomic E-state index is 0.202. The molecule has 0 bridgehead atoms. The van der Waals surface area contributed by atoms with E-state index in [0.717, 1.165) is 6.20 Å². The number of anilines is 1. The van der Waals surface area contributed by atoms with Crippen LogP contribution in [0.2, 0.25) is 0 Å². The molecule has 9 heteroatoms.